The maximum absolute atomic E-state index is 5.64. The largest absolute Gasteiger partial charge is 0.444 e. The van der Waals surface area contributed by atoms with Gasteiger partial charge in [-0.15, -0.1) is 0 Å². The van der Waals surface area contributed by atoms with Crippen molar-refractivity contribution in [3.8, 4) is 0 Å². The first-order valence-electron chi connectivity index (χ1n) is 6.88. The predicted molar refractivity (Wildman–Crippen MR) is 75.5 cm³/mol. The smallest absolute Gasteiger partial charge is 0.208 e. The fourth-order valence-electron chi connectivity index (χ4n) is 2.39. The van der Waals surface area contributed by atoms with E-state index in [0.29, 0.717) is 0 Å². The number of oxazole rings is 1. The molecule has 1 saturated heterocycles. The summed E-state index contributed by atoms with van der Waals surface area (Å²) in [5, 5.41) is 0. The average Bonchev–Trinajstić information content (AvgIpc) is 2.79. The Hall–Kier alpha value is -1.95. The standard InChI is InChI=1S/C14H19N5O/c1-11-12(2)20-14(17-11)10-18-5-7-19(8-6-18)13-9-15-3-4-16-13/h3-4,9H,5-8,10H2,1-2H3. The van der Waals surface area contributed by atoms with Crippen molar-refractivity contribution in [1.29, 1.82) is 0 Å². The van der Waals surface area contributed by atoms with Crippen molar-refractivity contribution >= 4 is 5.82 Å². The number of rotatable bonds is 3. The van der Waals surface area contributed by atoms with E-state index in [1.807, 2.05) is 20.0 Å². The van der Waals surface area contributed by atoms with E-state index in [1.165, 1.54) is 0 Å². The summed E-state index contributed by atoms with van der Waals surface area (Å²) in [6.07, 6.45) is 5.25. The molecule has 1 aliphatic heterocycles. The Morgan fingerprint density at radius 1 is 1.15 bits per heavy atom. The van der Waals surface area contributed by atoms with Crippen LogP contribution in [0, 0.1) is 13.8 Å². The Bertz CT molecular complexity index is 541. The van der Waals surface area contributed by atoms with Gasteiger partial charge in [-0.05, 0) is 13.8 Å². The van der Waals surface area contributed by atoms with Gasteiger partial charge in [0.05, 0.1) is 18.4 Å². The van der Waals surface area contributed by atoms with Crippen molar-refractivity contribution in [2.45, 2.75) is 20.4 Å². The summed E-state index contributed by atoms with van der Waals surface area (Å²) in [5.74, 6) is 2.68. The molecule has 2 aromatic heterocycles. The summed E-state index contributed by atoms with van der Waals surface area (Å²) in [7, 11) is 0. The molecule has 6 nitrogen and oxygen atoms in total. The van der Waals surface area contributed by atoms with Crippen molar-refractivity contribution in [2.24, 2.45) is 0 Å². The van der Waals surface area contributed by atoms with E-state index < -0.39 is 0 Å². The zero-order chi connectivity index (χ0) is 13.9. The van der Waals surface area contributed by atoms with Gasteiger partial charge in [-0.1, -0.05) is 0 Å². The van der Waals surface area contributed by atoms with Crippen molar-refractivity contribution in [3.05, 3.63) is 35.9 Å². The molecule has 1 aliphatic rings. The molecule has 0 radical (unpaired) electrons. The molecule has 0 spiro atoms. The third kappa shape index (κ3) is 2.80. The first-order chi connectivity index (χ1) is 9.72. The molecule has 0 aliphatic carbocycles. The molecule has 0 bridgehead atoms. The van der Waals surface area contributed by atoms with E-state index in [0.717, 1.165) is 55.9 Å². The second-order valence-electron chi connectivity index (χ2n) is 5.08. The molecule has 0 saturated carbocycles. The summed E-state index contributed by atoms with van der Waals surface area (Å²) in [6.45, 7) is 8.60. The highest BCUT2D eigenvalue weighted by Crippen LogP contribution is 2.15. The van der Waals surface area contributed by atoms with Gasteiger partial charge < -0.3 is 9.32 Å². The van der Waals surface area contributed by atoms with Gasteiger partial charge in [0.25, 0.3) is 0 Å². The van der Waals surface area contributed by atoms with Gasteiger partial charge >= 0.3 is 0 Å². The van der Waals surface area contributed by atoms with Crippen LogP contribution in [0.1, 0.15) is 17.3 Å². The second-order valence-corrected chi connectivity index (χ2v) is 5.08. The number of hydrogen-bond donors (Lipinski definition) is 0. The number of nitrogens with zero attached hydrogens (tertiary/aromatic N) is 5. The topological polar surface area (TPSA) is 58.3 Å². The Morgan fingerprint density at radius 2 is 1.95 bits per heavy atom. The normalized spacial score (nSPS) is 16.6. The maximum atomic E-state index is 5.64. The van der Waals surface area contributed by atoms with E-state index in [4.69, 9.17) is 4.42 Å². The van der Waals surface area contributed by atoms with Crippen molar-refractivity contribution in [3.63, 3.8) is 0 Å². The first kappa shape index (κ1) is 13.1. The van der Waals surface area contributed by atoms with E-state index in [-0.39, 0.29) is 0 Å². The van der Waals surface area contributed by atoms with Crippen LogP contribution < -0.4 is 4.90 Å². The zero-order valence-corrected chi connectivity index (χ0v) is 11.9. The quantitative estimate of drug-likeness (QED) is 0.842. The number of anilines is 1. The van der Waals surface area contributed by atoms with Crippen molar-refractivity contribution in [1.82, 2.24) is 19.9 Å². The molecule has 106 valence electrons. The number of aryl methyl sites for hydroxylation is 2. The lowest BCUT2D eigenvalue weighted by atomic mass is 10.3. The Balaban J connectivity index is 1.56. The van der Waals surface area contributed by atoms with Crippen LogP contribution >= 0.6 is 0 Å². The minimum Gasteiger partial charge on any atom is -0.444 e. The van der Waals surface area contributed by atoms with Crippen LogP contribution in [0.25, 0.3) is 0 Å². The lowest BCUT2D eigenvalue weighted by Crippen LogP contribution is -2.46. The first-order valence-corrected chi connectivity index (χ1v) is 6.88. The van der Waals surface area contributed by atoms with Crippen LogP contribution in [0.5, 0.6) is 0 Å². The molecule has 20 heavy (non-hydrogen) atoms. The lowest BCUT2D eigenvalue weighted by molar-refractivity contribution is 0.224. The van der Waals surface area contributed by atoms with Gasteiger partial charge in [0.2, 0.25) is 5.89 Å². The Labute approximate surface area is 118 Å². The van der Waals surface area contributed by atoms with E-state index in [9.17, 15) is 0 Å². The molecule has 1 fully saturated rings. The number of hydrogen-bond acceptors (Lipinski definition) is 6. The third-order valence-corrected chi connectivity index (χ3v) is 3.68. The highest BCUT2D eigenvalue weighted by atomic mass is 16.4. The lowest BCUT2D eigenvalue weighted by Gasteiger charge is -2.34. The Kier molecular flexibility index (Phi) is 3.64. The van der Waals surface area contributed by atoms with Crippen LogP contribution in [0.3, 0.4) is 0 Å². The van der Waals surface area contributed by atoms with E-state index >= 15 is 0 Å². The molecule has 3 heterocycles. The monoisotopic (exact) mass is 273 g/mol. The summed E-state index contributed by atoms with van der Waals surface area (Å²) < 4.78 is 5.64. The van der Waals surface area contributed by atoms with Crippen LogP contribution in [0.4, 0.5) is 5.82 Å². The van der Waals surface area contributed by atoms with Gasteiger partial charge in [0.15, 0.2) is 0 Å². The van der Waals surface area contributed by atoms with Crippen molar-refractivity contribution in [2.75, 3.05) is 31.1 Å². The van der Waals surface area contributed by atoms with Gasteiger partial charge in [-0.3, -0.25) is 9.88 Å². The van der Waals surface area contributed by atoms with Gasteiger partial charge in [0, 0.05) is 38.6 Å². The number of piperazine rings is 1. The fraction of sp³-hybridized carbons (Fsp3) is 0.500. The molecule has 3 rings (SSSR count). The summed E-state index contributed by atoms with van der Waals surface area (Å²) in [4.78, 5) is 17.5. The maximum Gasteiger partial charge on any atom is 0.208 e. The van der Waals surface area contributed by atoms with Crippen LogP contribution in [0.2, 0.25) is 0 Å². The van der Waals surface area contributed by atoms with Crippen LogP contribution in [-0.2, 0) is 6.54 Å². The third-order valence-electron chi connectivity index (χ3n) is 3.68. The average molecular weight is 273 g/mol. The SMILES string of the molecule is Cc1nc(CN2CCN(c3cnccn3)CC2)oc1C. The highest BCUT2D eigenvalue weighted by molar-refractivity contribution is 5.35. The molecular weight excluding hydrogens is 254 g/mol. The van der Waals surface area contributed by atoms with Gasteiger partial charge in [-0.25, -0.2) is 9.97 Å². The molecule has 0 amide bonds. The summed E-state index contributed by atoms with van der Waals surface area (Å²) in [5.41, 5.74) is 0.984. The molecule has 0 N–H and O–H groups in total. The van der Waals surface area contributed by atoms with Gasteiger partial charge in [0.1, 0.15) is 11.6 Å². The van der Waals surface area contributed by atoms with E-state index in [2.05, 4.69) is 24.8 Å². The van der Waals surface area contributed by atoms with Gasteiger partial charge in [-0.2, -0.15) is 0 Å². The summed E-state index contributed by atoms with van der Waals surface area (Å²) >= 11 is 0. The minimum absolute atomic E-state index is 0.781. The molecule has 0 unspecified atom stereocenters. The fourth-order valence-corrected chi connectivity index (χ4v) is 2.39. The molecule has 0 atom stereocenters. The van der Waals surface area contributed by atoms with Crippen molar-refractivity contribution < 1.29 is 4.42 Å². The summed E-state index contributed by atoms with van der Waals surface area (Å²) in [6, 6.07) is 0. The zero-order valence-electron chi connectivity index (χ0n) is 11.9. The molecular formula is C14H19N5O. The molecule has 2 aromatic rings. The van der Waals surface area contributed by atoms with E-state index in [1.54, 1.807) is 12.4 Å². The molecule has 0 aromatic carbocycles. The predicted octanol–water partition coefficient (Wildman–Crippen LogP) is 1.40. The second kappa shape index (κ2) is 5.58. The Morgan fingerprint density at radius 3 is 2.55 bits per heavy atom. The van der Waals surface area contributed by atoms with Crippen LogP contribution in [0.15, 0.2) is 23.0 Å². The van der Waals surface area contributed by atoms with Crippen LogP contribution in [-0.4, -0.2) is 46.0 Å². The highest BCUT2D eigenvalue weighted by Gasteiger charge is 2.19. The number of aromatic nitrogens is 3. The minimum atomic E-state index is 0.781. The molecule has 6 heteroatoms.